The zero-order valence-corrected chi connectivity index (χ0v) is 13.7. The third-order valence-electron chi connectivity index (χ3n) is 2.46. The van der Waals surface area contributed by atoms with Crippen LogP contribution >= 0.6 is 0 Å². The Labute approximate surface area is 130 Å². The number of carbonyl (C=O) groups is 2. The van der Waals surface area contributed by atoms with E-state index < -0.39 is 40.7 Å². The lowest BCUT2D eigenvalue weighted by Gasteiger charge is -2.18. The van der Waals surface area contributed by atoms with Crippen molar-refractivity contribution in [3.8, 4) is 11.8 Å². The predicted molar refractivity (Wildman–Crippen MR) is 79.3 cm³/mol. The highest BCUT2D eigenvalue weighted by Crippen LogP contribution is 2.18. The summed E-state index contributed by atoms with van der Waals surface area (Å²) in [5.41, 5.74) is -0.414. The van der Waals surface area contributed by atoms with Crippen LogP contribution in [0, 0.1) is 39.2 Å². The van der Waals surface area contributed by atoms with E-state index in [1.807, 2.05) is 20.8 Å². The van der Waals surface area contributed by atoms with Crippen LogP contribution in [-0.4, -0.2) is 36.6 Å². The SMILES string of the molecule is CCOC(=O)C(C(=O)OCC)C(C#CC(C)(C)C)C[N+](=O)[O-]. The van der Waals surface area contributed by atoms with Gasteiger partial charge in [0.25, 0.3) is 0 Å². The lowest BCUT2D eigenvalue weighted by molar-refractivity contribution is -0.486. The molecule has 0 aliphatic carbocycles. The number of nitro groups is 1. The molecule has 0 aromatic carbocycles. The summed E-state index contributed by atoms with van der Waals surface area (Å²) in [6.45, 7) is 8.14. The van der Waals surface area contributed by atoms with Crippen LogP contribution in [0.5, 0.6) is 0 Å². The van der Waals surface area contributed by atoms with Crippen molar-refractivity contribution in [2.75, 3.05) is 19.8 Å². The standard InChI is InChI=1S/C15H23NO6/c1-6-21-13(17)12(14(18)22-7-2)11(10-16(19)20)8-9-15(3,4)5/h11-12H,6-7,10H2,1-5H3. The minimum Gasteiger partial charge on any atom is -0.465 e. The Hall–Kier alpha value is -2.10. The van der Waals surface area contributed by atoms with E-state index in [4.69, 9.17) is 9.47 Å². The van der Waals surface area contributed by atoms with Crippen LogP contribution in [0.2, 0.25) is 0 Å². The van der Waals surface area contributed by atoms with Gasteiger partial charge in [-0.05, 0) is 34.6 Å². The molecule has 0 aromatic rings. The molecular formula is C15H23NO6. The maximum absolute atomic E-state index is 12.0. The quantitative estimate of drug-likeness (QED) is 0.233. The van der Waals surface area contributed by atoms with Gasteiger partial charge in [0.05, 0.1) is 13.2 Å². The monoisotopic (exact) mass is 313 g/mol. The molecule has 0 aliphatic rings. The third kappa shape index (κ3) is 7.62. The smallest absolute Gasteiger partial charge is 0.321 e. The van der Waals surface area contributed by atoms with Gasteiger partial charge in [-0.25, -0.2) is 0 Å². The van der Waals surface area contributed by atoms with E-state index in [1.54, 1.807) is 13.8 Å². The van der Waals surface area contributed by atoms with Crippen molar-refractivity contribution in [2.45, 2.75) is 34.6 Å². The van der Waals surface area contributed by atoms with Gasteiger partial charge in [0, 0.05) is 10.3 Å². The number of hydrogen-bond donors (Lipinski definition) is 0. The second kappa shape index (κ2) is 9.03. The summed E-state index contributed by atoms with van der Waals surface area (Å²) >= 11 is 0. The minimum absolute atomic E-state index is 0.0621. The van der Waals surface area contributed by atoms with Crippen molar-refractivity contribution in [3.05, 3.63) is 10.1 Å². The summed E-state index contributed by atoms with van der Waals surface area (Å²) in [7, 11) is 0. The van der Waals surface area contributed by atoms with E-state index in [-0.39, 0.29) is 13.2 Å². The summed E-state index contributed by atoms with van der Waals surface area (Å²) in [5, 5.41) is 10.8. The Morgan fingerprint density at radius 2 is 1.59 bits per heavy atom. The van der Waals surface area contributed by atoms with E-state index in [1.165, 1.54) is 0 Å². The van der Waals surface area contributed by atoms with Crippen molar-refractivity contribution in [1.29, 1.82) is 0 Å². The Bertz CT molecular complexity index is 451. The van der Waals surface area contributed by atoms with Crippen LogP contribution < -0.4 is 0 Å². The van der Waals surface area contributed by atoms with Crippen molar-refractivity contribution in [2.24, 2.45) is 17.3 Å². The summed E-state index contributed by atoms with van der Waals surface area (Å²) in [6, 6.07) is 0. The normalized spacial score (nSPS) is 12.1. The largest absolute Gasteiger partial charge is 0.465 e. The Balaban J connectivity index is 5.59. The molecule has 22 heavy (non-hydrogen) atoms. The van der Waals surface area contributed by atoms with Gasteiger partial charge < -0.3 is 9.47 Å². The highest BCUT2D eigenvalue weighted by Gasteiger charge is 2.39. The summed E-state index contributed by atoms with van der Waals surface area (Å²) in [6.07, 6.45) is 0. The molecule has 7 heteroatoms. The number of ether oxygens (including phenoxy) is 2. The Morgan fingerprint density at radius 3 is 1.91 bits per heavy atom. The number of rotatable bonds is 7. The molecule has 1 unspecified atom stereocenters. The molecule has 1 atom stereocenters. The molecule has 0 spiro atoms. The van der Waals surface area contributed by atoms with E-state index >= 15 is 0 Å². The minimum atomic E-state index is -1.42. The fraction of sp³-hybridized carbons (Fsp3) is 0.733. The fourth-order valence-electron chi connectivity index (χ4n) is 1.59. The Morgan fingerprint density at radius 1 is 1.14 bits per heavy atom. The molecule has 7 nitrogen and oxygen atoms in total. The van der Waals surface area contributed by atoms with Crippen LogP contribution in [0.15, 0.2) is 0 Å². The van der Waals surface area contributed by atoms with Crippen LogP contribution in [0.3, 0.4) is 0 Å². The first-order valence-corrected chi connectivity index (χ1v) is 7.10. The van der Waals surface area contributed by atoms with E-state index in [0.717, 1.165) is 0 Å². The molecule has 0 fully saturated rings. The second-order valence-corrected chi connectivity index (χ2v) is 5.62. The van der Waals surface area contributed by atoms with Gasteiger partial charge in [-0.2, -0.15) is 0 Å². The van der Waals surface area contributed by atoms with Gasteiger partial charge in [-0.15, -0.1) is 0 Å². The molecule has 124 valence electrons. The van der Waals surface area contributed by atoms with Gasteiger partial charge in [-0.3, -0.25) is 19.7 Å². The van der Waals surface area contributed by atoms with Crippen LogP contribution in [0.4, 0.5) is 0 Å². The fourth-order valence-corrected chi connectivity index (χ4v) is 1.59. The Kier molecular flexibility index (Phi) is 8.17. The maximum Gasteiger partial charge on any atom is 0.321 e. The number of esters is 2. The first-order valence-electron chi connectivity index (χ1n) is 7.10. The van der Waals surface area contributed by atoms with Crippen molar-refractivity contribution in [1.82, 2.24) is 0 Å². The molecule has 0 saturated carbocycles. The lowest BCUT2D eigenvalue weighted by Crippen LogP contribution is -2.37. The van der Waals surface area contributed by atoms with Crippen molar-refractivity contribution >= 4 is 11.9 Å². The average Bonchev–Trinajstić information content (AvgIpc) is 2.35. The molecule has 0 amide bonds. The van der Waals surface area contributed by atoms with Gasteiger partial charge in [0.15, 0.2) is 5.92 Å². The molecule has 0 N–H and O–H groups in total. The topological polar surface area (TPSA) is 95.7 Å². The molecule has 0 aromatic heterocycles. The van der Waals surface area contributed by atoms with E-state index in [9.17, 15) is 19.7 Å². The molecule has 0 bridgehead atoms. The van der Waals surface area contributed by atoms with E-state index in [0.29, 0.717) is 0 Å². The first kappa shape index (κ1) is 19.9. The van der Waals surface area contributed by atoms with Crippen LogP contribution in [0.1, 0.15) is 34.6 Å². The lowest BCUT2D eigenvalue weighted by atomic mass is 9.90. The first-order chi connectivity index (χ1) is 10.1. The number of carbonyl (C=O) groups excluding carboxylic acids is 2. The van der Waals surface area contributed by atoms with E-state index in [2.05, 4.69) is 11.8 Å². The molecule has 0 heterocycles. The van der Waals surface area contributed by atoms with Gasteiger partial charge >= 0.3 is 11.9 Å². The van der Waals surface area contributed by atoms with Crippen molar-refractivity contribution < 1.29 is 24.0 Å². The predicted octanol–water partition coefficient (Wildman–Crippen LogP) is 1.67. The second-order valence-electron chi connectivity index (χ2n) is 5.62. The molecule has 0 radical (unpaired) electrons. The number of hydrogen-bond acceptors (Lipinski definition) is 6. The number of nitrogens with zero attached hydrogens (tertiary/aromatic N) is 1. The highest BCUT2D eigenvalue weighted by molar-refractivity contribution is 5.95. The molecule has 0 saturated heterocycles. The van der Waals surface area contributed by atoms with Crippen molar-refractivity contribution in [3.63, 3.8) is 0 Å². The van der Waals surface area contributed by atoms with Crippen LogP contribution in [0.25, 0.3) is 0 Å². The van der Waals surface area contributed by atoms with Gasteiger partial charge in [0.1, 0.15) is 5.92 Å². The zero-order valence-electron chi connectivity index (χ0n) is 13.7. The molecule has 0 aliphatic heterocycles. The average molecular weight is 313 g/mol. The summed E-state index contributed by atoms with van der Waals surface area (Å²) < 4.78 is 9.67. The third-order valence-corrected chi connectivity index (χ3v) is 2.46. The molecular weight excluding hydrogens is 290 g/mol. The van der Waals surface area contributed by atoms with Gasteiger partial charge in [-0.1, -0.05) is 11.8 Å². The maximum atomic E-state index is 12.0. The van der Waals surface area contributed by atoms with Gasteiger partial charge in [0.2, 0.25) is 6.54 Å². The highest BCUT2D eigenvalue weighted by atomic mass is 16.6. The summed E-state index contributed by atoms with van der Waals surface area (Å²) in [4.78, 5) is 34.2. The summed E-state index contributed by atoms with van der Waals surface area (Å²) in [5.74, 6) is 1.30. The zero-order chi connectivity index (χ0) is 17.3. The molecule has 0 rings (SSSR count). The van der Waals surface area contributed by atoms with Crippen LogP contribution in [-0.2, 0) is 19.1 Å².